The maximum absolute atomic E-state index is 5.62. The molecule has 0 aliphatic rings. The minimum absolute atomic E-state index is 1.14. The maximum Gasteiger partial charge on any atom is 0.208 e. The lowest BCUT2D eigenvalue weighted by Gasteiger charge is -2.24. The van der Waals surface area contributed by atoms with Crippen molar-refractivity contribution in [3.05, 3.63) is 0 Å². The van der Waals surface area contributed by atoms with Crippen LogP contribution in [0.3, 0.4) is 0 Å². The molecule has 0 aliphatic heterocycles. The lowest BCUT2D eigenvalue weighted by Crippen LogP contribution is -2.28. The Hall–Kier alpha value is 1.70. The maximum atomic E-state index is 5.62. The highest BCUT2D eigenvalue weighted by Crippen LogP contribution is 2.34. The molecular formula is C13H35O2PS2Si3. The Morgan fingerprint density at radius 2 is 1.29 bits per heavy atom. The molecule has 0 fully saturated rings. The second-order valence-corrected chi connectivity index (χ2v) is 31.2. The van der Waals surface area contributed by atoms with Gasteiger partial charge in [0.15, 0.2) is 14.7 Å². The molecule has 2 atom stereocenters. The van der Waals surface area contributed by atoms with Gasteiger partial charge in [0.2, 0.25) is 7.98 Å². The minimum Gasteiger partial charge on any atom is -0.420 e. The van der Waals surface area contributed by atoms with Gasteiger partial charge in [0.05, 0.1) is 0 Å². The van der Waals surface area contributed by atoms with Crippen LogP contribution >= 0.6 is 31.2 Å². The van der Waals surface area contributed by atoms with Crippen LogP contribution in [0.1, 0.15) is 12.8 Å². The van der Waals surface area contributed by atoms with E-state index < -0.39 is 22.7 Å². The van der Waals surface area contributed by atoms with Crippen molar-refractivity contribution in [3.8, 4) is 0 Å². The van der Waals surface area contributed by atoms with E-state index >= 15 is 0 Å². The molecule has 0 aliphatic carbocycles. The first-order valence-corrected chi connectivity index (χ1v) is 21.7. The summed E-state index contributed by atoms with van der Waals surface area (Å²) in [5.74, 6) is 2.60. The molecule has 0 saturated heterocycles. The highest BCUT2D eigenvalue weighted by Gasteiger charge is 2.25. The second kappa shape index (κ2) is 10.5. The predicted molar refractivity (Wildman–Crippen MR) is 114 cm³/mol. The van der Waals surface area contributed by atoms with Crippen molar-refractivity contribution in [3.63, 3.8) is 0 Å². The van der Waals surface area contributed by atoms with Crippen LogP contribution in [0, 0.1) is 0 Å². The molecule has 0 heterocycles. The molecule has 21 heavy (non-hydrogen) atoms. The first-order valence-electron chi connectivity index (χ1n) is 7.71. The van der Waals surface area contributed by atoms with E-state index in [1.54, 1.807) is 0 Å². The van der Waals surface area contributed by atoms with Crippen molar-refractivity contribution in [2.45, 2.75) is 57.7 Å². The van der Waals surface area contributed by atoms with E-state index in [4.69, 9.17) is 8.85 Å². The van der Waals surface area contributed by atoms with Crippen LogP contribution in [-0.2, 0) is 8.85 Å². The molecule has 0 radical (unpaired) electrons. The Kier molecular flexibility index (Phi) is 11.4. The molecular weight excluding hydrogens is 368 g/mol. The van der Waals surface area contributed by atoms with E-state index in [0.29, 0.717) is 0 Å². The quantitative estimate of drug-likeness (QED) is 0.248. The summed E-state index contributed by atoms with van der Waals surface area (Å²) in [6, 6.07) is 2.54. The summed E-state index contributed by atoms with van der Waals surface area (Å²) in [5, 5.41) is 0. The van der Waals surface area contributed by atoms with Crippen LogP contribution in [0.25, 0.3) is 0 Å². The highest BCUT2D eigenvalue weighted by atomic mass is 32.6. The Labute approximate surface area is 145 Å². The molecule has 0 rings (SSSR count). The molecule has 0 bridgehead atoms. The number of rotatable bonds is 12. The first-order chi connectivity index (χ1) is 9.54. The third kappa shape index (κ3) is 12.8. The van der Waals surface area contributed by atoms with E-state index in [1.165, 1.54) is 36.4 Å². The van der Waals surface area contributed by atoms with Crippen molar-refractivity contribution in [1.82, 2.24) is 0 Å². The third-order valence-electron chi connectivity index (χ3n) is 3.66. The zero-order valence-corrected chi connectivity index (χ0v) is 20.7. The van der Waals surface area contributed by atoms with E-state index in [1.807, 2.05) is 14.2 Å². The van der Waals surface area contributed by atoms with Gasteiger partial charge in [-0.1, -0.05) is 13.1 Å². The largest absolute Gasteiger partial charge is 0.420 e. The van der Waals surface area contributed by atoms with Crippen molar-refractivity contribution >= 4 is 53.9 Å². The fraction of sp³-hybridized carbons (Fsp3) is 1.00. The SMILES string of the molecule is CO[Si](C)(C)CCCS[Si](C)(C)SCCC[Si](C)(P)OC. The summed E-state index contributed by atoms with van der Waals surface area (Å²) < 4.78 is 11.2. The van der Waals surface area contributed by atoms with Gasteiger partial charge >= 0.3 is 0 Å². The minimum atomic E-state index is -1.43. The van der Waals surface area contributed by atoms with Gasteiger partial charge in [-0.2, -0.15) is 22.4 Å². The van der Waals surface area contributed by atoms with Crippen molar-refractivity contribution in [2.24, 2.45) is 0 Å². The number of hydrogen-bond acceptors (Lipinski definition) is 4. The standard InChI is InChI=1S/C13H35O2PS2Si3/c1-14-19(3,4)12-8-10-17-20(5,6)18-11-9-13-21(7,16)15-2/h8-13,16H2,1-7H3. The highest BCUT2D eigenvalue weighted by molar-refractivity contribution is 8.58. The number of hydrogen-bond donors (Lipinski definition) is 0. The van der Waals surface area contributed by atoms with Gasteiger partial charge in [-0.15, -0.1) is 8.79 Å². The Morgan fingerprint density at radius 3 is 1.71 bits per heavy atom. The molecule has 0 aromatic rings. The Balaban J connectivity index is 3.79. The van der Waals surface area contributed by atoms with Gasteiger partial charge in [-0.25, -0.2) is 0 Å². The Morgan fingerprint density at radius 1 is 0.810 bits per heavy atom. The molecule has 0 aromatic heterocycles. The van der Waals surface area contributed by atoms with Gasteiger partial charge in [0.25, 0.3) is 0 Å². The van der Waals surface area contributed by atoms with Crippen LogP contribution in [0.2, 0.25) is 44.8 Å². The molecule has 0 saturated carbocycles. The zero-order valence-electron chi connectivity index (χ0n) is 15.0. The van der Waals surface area contributed by atoms with E-state index in [0.717, 1.165) is 0 Å². The summed E-state index contributed by atoms with van der Waals surface area (Å²) in [6.45, 7) is 11.9. The molecule has 2 unspecified atom stereocenters. The van der Waals surface area contributed by atoms with Crippen molar-refractivity contribution < 1.29 is 8.85 Å². The summed E-state index contributed by atoms with van der Waals surface area (Å²) in [7, 11) is 3.90. The molecule has 0 aromatic carbocycles. The third-order valence-corrected chi connectivity index (χ3v) is 20.1. The molecule has 0 N–H and O–H groups in total. The zero-order chi connectivity index (χ0) is 16.6. The van der Waals surface area contributed by atoms with Crippen LogP contribution < -0.4 is 0 Å². The molecule has 0 spiro atoms. The Bertz CT molecular complexity index is 267. The summed E-state index contributed by atoms with van der Waals surface area (Å²) in [5.41, 5.74) is 0. The van der Waals surface area contributed by atoms with Gasteiger partial charge in [0.1, 0.15) is 0 Å². The fourth-order valence-electron chi connectivity index (χ4n) is 1.80. The van der Waals surface area contributed by atoms with Crippen LogP contribution in [0.4, 0.5) is 0 Å². The van der Waals surface area contributed by atoms with Gasteiger partial charge in [-0.3, -0.25) is 0 Å². The fourth-order valence-corrected chi connectivity index (χ4v) is 13.2. The van der Waals surface area contributed by atoms with E-state index in [9.17, 15) is 0 Å². The van der Waals surface area contributed by atoms with Crippen LogP contribution in [0.5, 0.6) is 0 Å². The predicted octanol–water partition coefficient (Wildman–Crippen LogP) is 5.38. The average molecular weight is 403 g/mol. The smallest absolute Gasteiger partial charge is 0.208 e. The van der Waals surface area contributed by atoms with Crippen LogP contribution in [0.15, 0.2) is 0 Å². The van der Waals surface area contributed by atoms with Crippen LogP contribution in [-0.4, -0.2) is 48.4 Å². The summed E-state index contributed by atoms with van der Waals surface area (Å²) >= 11 is 4.47. The lowest BCUT2D eigenvalue weighted by atomic mass is 10.6. The second-order valence-electron chi connectivity index (χ2n) is 6.78. The van der Waals surface area contributed by atoms with Gasteiger partial charge in [-0.05, 0) is 56.1 Å². The topological polar surface area (TPSA) is 18.5 Å². The molecule has 2 nitrogen and oxygen atoms in total. The summed E-state index contributed by atoms with van der Waals surface area (Å²) in [4.78, 5) is 0. The first kappa shape index (κ1) is 22.7. The van der Waals surface area contributed by atoms with E-state index in [2.05, 4.69) is 63.9 Å². The van der Waals surface area contributed by atoms with Crippen molar-refractivity contribution in [2.75, 3.05) is 25.7 Å². The lowest BCUT2D eigenvalue weighted by molar-refractivity contribution is 0.403. The van der Waals surface area contributed by atoms with Gasteiger partial charge in [0, 0.05) is 14.2 Å². The molecule has 8 heteroatoms. The van der Waals surface area contributed by atoms with Crippen molar-refractivity contribution in [1.29, 1.82) is 0 Å². The van der Waals surface area contributed by atoms with Gasteiger partial charge < -0.3 is 8.85 Å². The normalized spacial score (nSPS) is 16.0. The average Bonchev–Trinajstić information content (AvgIpc) is 2.40. The van der Waals surface area contributed by atoms with E-state index in [-0.39, 0.29) is 0 Å². The molecule has 0 amide bonds. The monoisotopic (exact) mass is 402 g/mol. The summed E-state index contributed by atoms with van der Waals surface area (Å²) in [6.07, 6.45) is 1.47. The molecule has 128 valence electrons.